The van der Waals surface area contributed by atoms with Crippen LogP contribution in [0.1, 0.15) is 48.9 Å². The predicted molar refractivity (Wildman–Crippen MR) is 115 cm³/mol. The summed E-state index contributed by atoms with van der Waals surface area (Å²) in [7, 11) is -3.70. The number of benzene rings is 2. The molecule has 0 saturated heterocycles. The molecule has 1 aromatic heterocycles. The number of hydrogen-bond donors (Lipinski definition) is 0. The van der Waals surface area contributed by atoms with E-state index in [1.807, 2.05) is 6.92 Å². The minimum atomic E-state index is -3.70. The third-order valence-corrected chi connectivity index (χ3v) is 7.78. The monoisotopic (exact) mass is 474 g/mol. The molecule has 2 fully saturated rings. The molecule has 1 heterocycles. The van der Waals surface area contributed by atoms with E-state index in [0.717, 1.165) is 22.9 Å². The number of aryl methyl sites for hydroxylation is 1. The fourth-order valence-corrected chi connectivity index (χ4v) is 5.41. The molecule has 2 aliphatic rings. The number of hydrogen-bond acceptors (Lipinski definition) is 4. The minimum absolute atomic E-state index is 0.219. The SMILES string of the molecule is Cc1ccc(S(=O)(=O)OCC2CC(n3nc(C4CC4)c4cc(Br)ccc43)C2)cc1. The lowest BCUT2D eigenvalue weighted by atomic mass is 9.81. The third kappa shape index (κ3) is 3.76. The molecule has 3 aromatic rings. The van der Waals surface area contributed by atoms with Gasteiger partial charge in [-0.05, 0) is 68.9 Å². The maximum Gasteiger partial charge on any atom is 0.296 e. The molecule has 0 spiro atoms. The molecule has 5 rings (SSSR count). The van der Waals surface area contributed by atoms with Crippen LogP contribution in [0.4, 0.5) is 0 Å². The lowest BCUT2D eigenvalue weighted by molar-refractivity contribution is 0.123. The zero-order chi connectivity index (χ0) is 20.2. The smallest absolute Gasteiger partial charge is 0.266 e. The summed E-state index contributed by atoms with van der Waals surface area (Å²) < 4.78 is 33.3. The fraction of sp³-hybridized carbons (Fsp3) is 0.409. The number of halogens is 1. The Hall–Kier alpha value is -1.70. The molecule has 2 aromatic carbocycles. The van der Waals surface area contributed by atoms with Crippen molar-refractivity contribution in [3.05, 3.63) is 58.2 Å². The van der Waals surface area contributed by atoms with Crippen LogP contribution in [0.5, 0.6) is 0 Å². The van der Waals surface area contributed by atoms with Crippen LogP contribution in [0.25, 0.3) is 10.9 Å². The quantitative estimate of drug-likeness (QED) is 0.452. The molecule has 0 bridgehead atoms. The van der Waals surface area contributed by atoms with Crippen molar-refractivity contribution in [1.82, 2.24) is 9.78 Å². The Bertz CT molecular complexity index is 1160. The van der Waals surface area contributed by atoms with E-state index in [0.29, 0.717) is 12.0 Å². The lowest BCUT2D eigenvalue weighted by Gasteiger charge is -2.35. The van der Waals surface area contributed by atoms with Crippen LogP contribution in [-0.2, 0) is 14.3 Å². The van der Waals surface area contributed by atoms with Crippen LogP contribution in [0.2, 0.25) is 0 Å². The topological polar surface area (TPSA) is 61.2 Å². The molecule has 5 nitrogen and oxygen atoms in total. The van der Waals surface area contributed by atoms with Crippen molar-refractivity contribution in [2.75, 3.05) is 6.61 Å². The molecule has 152 valence electrons. The van der Waals surface area contributed by atoms with Crippen LogP contribution < -0.4 is 0 Å². The molecule has 0 amide bonds. The summed E-state index contributed by atoms with van der Waals surface area (Å²) >= 11 is 3.57. The van der Waals surface area contributed by atoms with Crippen molar-refractivity contribution in [1.29, 1.82) is 0 Å². The number of rotatable bonds is 6. The Morgan fingerprint density at radius 2 is 1.86 bits per heavy atom. The second kappa shape index (κ2) is 7.22. The van der Waals surface area contributed by atoms with E-state index in [9.17, 15) is 8.42 Å². The molecule has 0 unspecified atom stereocenters. The van der Waals surface area contributed by atoms with E-state index in [2.05, 4.69) is 38.8 Å². The fourth-order valence-electron chi connectivity index (χ4n) is 4.07. The van der Waals surface area contributed by atoms with Gasteiger partial charge < -0.3 is 0 Å². The second-order valence-corrected chi connectivity index (χ2v) is 10.8. The van der Waals surface area contributed by atoms with Gasteiger partial charge in [-0.1, -0.05) is 33.6 Å². The Labute approximate surface area is 179 Å². The second-order valence-electron chi connectivity index (χ2n) is 8.31. The average Bonchev–Trinajstić information content (AvgIpc) is 3.43. The van der Waals surface area contributed by atoms with E-state index in [1.165, 1.54) is 29.4 Å². The van der Waals surface area contributed by atoms with Gasteiger partial charge in [-0.15, -0.1) is 0 Å². The van der Waals surface area contributed by atoms with Crippen molar-refractivity contribution >= 4 is 37.0 Å². The summed E-state index contributed by atoms with van der Waals surface area (Å²) in [5.41, 5.74) is 3.41. The maximum absolute atomic E-state index is 12.4. The highest BCUT2D eigenvalue weighted by atomic mass is 79.9. The largest absolute Gasteiger partial charge is 0.296 e. The summed E-state index contributed by atoms with van der Waals surface area (Å²) in [6.07, 6.45) is 4.22. The summed E-state index contributed by atoms with van der Waals surface area (Å²) in [5, 5.41) is 6.19. The van der Waals surface area contributed by atoms with E-state index in [1.54, 1.807) is 24.3 Å². The Balaban J connectivity index is 1.26. The summed E-state index contributed by atoms with van der Waals surface area (Å²) in [5.74, 6) is 0.825. The van der Waals surface area contributed by atoms with Gasteiger partial charge in [0.1, 0.15) is 0 Å². The van der Waals surface area contributed by atoms with Crippen LogP contribution in [0.15, 0.2) is 51.8 Å². The van der Waals surface area contributed by atoms with Crippen molar-refractivity contribution in [3.63, 3.8) is 0 Å². The van der Waals surface area contributed by atoms with Gasteiger partial charge in [-0.2, -0.15) is 13.5 Å². The highest BCUT2D eigenvalue weighted by molar-refractivity contribution is 9.10. The van der Waals surface area contributed by atoms with Crippen LogP contribution in [0.3, 0.4) is 0 Å². The van der Waals surface area contributed by atoms with Gasteiger partial charge in [-0.3, -0.25) is 8.86 Å². The number of aromatic nitrogens is 2. The number of nitrogens with zero attached hydrogens (tertiary/aromatic N) is 2. The van der Waals surface area contributed by atoms with E-state index < -0.39 is 10.1 Å². The first-order valence-electron chi connectivity index (χ1n) is 10.0. The van der Waals surface area contributed by atoms with Gasteiger partial charge in [0.25, 0.3) is 10.1 Å². The summed E-state index contributed by atoms with van der Waals surface area (Å²) in [6, 6.07) is 13.4. The molecule has 0 atom stereocenters. The van der Waals surface area contributed by atoms with Crippen LogP contribution in [-0.4, -0.2) is 24.8 Å². The standard InChI is InChI=1S/C22H23BrN2O3S/c1-14-2-7-19(8-3-14)29(26,27)28-13-15-10-18(11-15)25-21-9-6-17(23)12-20(21)22(24-25)16-4-5-16/h2-3,6-9,12,15-16,18H,4-5,10-11,13H2,1H3. The lowest BCUT2D eigenvalue weighted by Crippen LogP contribution is -2.31. The molecule has 0 N–H and O–H groups in total. The molecule has 2 aliphatic carbocycles. The Morgan fingerprint density at radius 3 is 2.55 bits per heavy atom. The molecule has 7 heteroatoms. The molecule has 2 saturated carbocycles. The molecule has 0 aliphatic heterocycles. The van der Waals surface area contributed by atoms with Gasteiger partial charge in [0.2, 0.25) is 0 Å². The summed E-state index contributed by atoms with van der Waals surface area (Å²) in [4.78, 5) is 0.219. The van der Waals surface area contributed by atoms with E-state index in [-0.39, 0.29) is 17.4 Å². The van der Waals surface area contributed by atoms with Gasteiger partial charge in [0.15, 0.2) is 0 Å². The van der Waals surface area contributed by atoms with Crippen molar-refractivity contribution in [3.8, 4) is 0 Å². The highest BCUT2D eigenvalue weighted by Gasteiger charge is 2.36. The van der Waals surface area contributed by atoms with Gasteiger partial charge >= 0.3 is 0 Å². The Kier molecular flexibility index (Phi) is 4.80. The molecule has 29 heavy (non-hydrogen) atoms. The first kappa shape index (κ1) is 19.3. The first-order chi connectivity index (χ1) is 13.9. The zero-order valence-electron chi connectivity index (χ0n) is 16.2. The van der Waals surface area contributed by atoms with Gasteiger partial charge in [0, 0.05) is 15.8 Å². The van der Waals surface area contributed by atoms with Gasteiger partial charge in [-0.25, -0.2) is 0 Å². The molecular weight excluding hydrogens is 452 g/mol. The van der Waals surface area contributed by atoms with Crippen molar-refractivity contribution in [2.24, 2.45) is 5.92 Å². The summed E-state index contributed by atoms with van der Waals surface area (Å²) in [6.45, 7) is 2.16. The van der Waals surface area contributed by atoms with Gasteiger partial charge in [0.05, 0.1) is 28.8 Å². The minimum Gasteiger partial charge on any atom is -0.266 e. The predicted octanol–water partition coefficient (Wildman–Crippen LogP) is 5.34. The van der Waals surface area contributed by atoms with E-state index >= 15 is 0 Å². The zero-order valence-corrected chi connectivity index (χ0v) is 18.6. The normalized spacial score (nSPS) is 22.0. The van der Waals surface area contributed by atoms with Crippen LogP contribution >= 0.6 is 15.9 Å². The van der Waals surface area contributed by atoms with Crippen LogP contribution in [0, 0.1) is 12.8 Å². The van der Waals surface area contributed by atoms with Crippen molar-refractivity contribution < 1.29 is 12.6 Å². The average molecular weight is 475 g/mol. The Morgan fingerprint density at radius 1 is 1.14 bits per heavy atom. The molecular formula is C22H23BrN2O3S. The number of fused-ring (bicyclic) bond motifs is 1. The maximum atomic E-state index is 12.4. The van der Waals surface area contributed by atoms with Crippen molar-refractivity contribution in [2.45, 2.75) is 49.5 Å². The highest BCUT2D eigenvalue weighted by Crippen LogP contribution is 2.46. The van der Waals surface area contributed by atoms with E-state index in [4.69, 9.17) is 9.28 Å². The first-order valence-corrected chi connectivity index (χ1v) is 12.2. The third-order valence-electron chi connectivity index (χ3n) is 5.99. The molecule has 0 radical (unpaired) electrons.